The zero-order valence-corrected chi connectivity index (χ0v) is 14.9. The molecule has 0 radical (unpaired) electrons. The Balaban J connectivity index is 2.23. The second-order valence-electron chi connectivity index (χ2n) is 6.04. The smallest absolute Gasteiger partial charge is 0.269 e. The van der Waals surface area contributed by atoms with Gasteiger partial charge in [-0.25, -0.2) is 0 Å². The van der Waals surface area contributed by atoms with Crippen molar-refractivity contribution in [3.8, 4) is 22.8 Å². The van der Waals surface area contributed by atoms with Crippen LogP contribution in [0.1, 0.15) is 30.8 Å². The molecule has 6 heteroatoms. The van der Waals surface area contributed by atoms with Gasteiger partial charge in [0.1, 0.15) is 17.2 Å². The molecule has 24 heavy (non-hydrogen) atoms. The fourth-order valence-electron chi connectivity index (χ4n) is 2.39. The predicted octanol–water partition coefficient (Wildman–Crippen LogP) is 2.88. The van der Waals surface area contributed by atoms with Gasteiger partial charge in [0.25, 0.3) is 5.91 Å². The van der Waals surface area contributed by atoms with Crippen LogP contribution in [0, 0.1) is 5.92 Å². The van der Waals surface area contributed by atoms with Crippen LogP contribution >= 0.6 is 0 Å². The molecule has 1 aromatic heterocycles. The van der Waals surface area contributed by atoms with Crippen molar-refractivity contribution in [2.24, 2.45) is 13.0 Å². The third-order valence-electron chi connectivity index (χ3n) is 3.80. The summed E-state index contributed by atoms with van der Waals surface area (Å²) in [6.45, 7) is 4.91. The van der Waals surface area contributed by atoms with E-state index in [1.807, 2.05) is 12.1 Å². The van der Waals surface area contributed by atoms with Crippen LogP contribution in [0.4, 0.5) is 0 Å². The first kappa shape index (κ1) is 17.8. The lowest BCUT2D eigenvalue weighted by Crippen LogP contribution is -2.27. The van der Waals surface area contributed by atoms with Gasteiger partial charge in [0.2, 0.25) is 0 Å². The number of nitrogens with zero attached hydrogens (tertiary/aromatic N) is 2. The zero-order chi connectivity index (χ0) is 17.7. The first-order valence-electron chi connectivity index (χ1n) is 8.01. The van der Waals surface area contributed by atoms with Gasteiger partial charge in [-0.15, -0.1) is 0 Å². The Bertz CT molecular complexity index is 708. The fraction of sp³-hybridized carbons (Fsp3) is 0.444. The van der Waals surface area contributed by atoms with Gasteiger partial charge in [0.15, 0.2) is 0 Å². The Kier molecular flexibility index (Phi) is 5.84. The van der Waals surface area contributed by atoms with Crippen molar-refractivity contribution in [2.45, 2.75) is 20.3 Å². The largest absolute Gasteiger partial charge is 0.497 e. The topological polar surface area (TPSA) is 65.4 Å². The highest BCUT2D eigenvalue weighted by atomic mass is 16.5. The molecule has 0 unspecified atom stereocenters. The molecule has 0 aliphatic rings. The Morgan fingerprint density at radius 1 is 1.25 bits per heavy atom. The second kappa shape index (κ2) is 7.86. The normalized spacial score (nSPS) is 10.8. The second-order valence-corrected chi connectivity index (χ2v) is 6.04. The van der Waals surface area contributed by atoms with E-state index in [-0.39, 0.29) is 5.91 Å². The average Bonchev–Trinajstić information content (AvgIpc) is 2.95. The van der Waals surface area contributed by atoms with E-state index in [4.69, 9.17) is 9.47 Å². The minimum atomic E-state index is -0.121. The molecule has 0 aliphatic carbocycles. The summed E-state index contributed by atoms with van der Waals surface area (Å²) in [7, 11) is 4.96. The molecule has 0 atom stereocenters. The number of rotatable bonds is 7. The van der Waals surface area contributed by atoms with Crippen LogP contribution in [-0.2, 0) is 7.05 Å². The zero-order valence-electron chi connectivity index (χ0n) is 14.9. The SMILES string of the molecule is COc1ccc(-c2cc(C(=O)NCCC(C)C)n(C)n2)c(OC)c1. The molecule has 1 heterocycles. The summed E-state index contributed by atoms with van der Waals surface area (Å²) in [5.74, 6) is 1.79. The Hall–Kier alpha value is -2.50. The summed E-state index contributed by atoms with van der Waals surface area (Å²) in [5.41, 5.74) is 2.02. The van der Waals surface area contributed by atoms with Crippen molar-refractivity contribution in [2.75, 3.05) is 20.8 Å². The van der Waals surface area contributed by atoms with E-state index in [2.05, 4.69) is 24.3 Å². The van der Waals surface area contributed by atoms with Gasteiger partial charge in [-0.2, -0.15) is 5.10 Å². The van der Waals surface area contributed by atoms with Gasteiger partial charge in [-0.1, -0.05) is 13.8 Å². The molecule has 130 valence electrons. The number of carbonyl (C=O) groups excluding carboxylic acids is 1. The van der Waals surface area contributed by atoms with Crippen molar-refractivity contribution in [1.29, 1.82) is 0 Å². The van der Waals surface area contributed by atoms with Crippen LogP contribution in [0.2, 0.25) is 0 Å². The van der Waals surface area contributed by atoms with Crippen molar-refractivity contribution in [3.05, 3.63) is 30.0 Å². The van der Waals surface area contributed by atoms with Crippen LogP contribution < -0.4 is 14.8 Å². The van der Waals surface area contributed by atoms with Crippen LogP contribution in [0.3, 0.4) is 0 Å². The van der Waals surface area contributed by atoms with E-state index in [0.29, 0.717) is 35.3 Å². The first-order chi connectivity index (χ1) is 11.5. The molecule has 0 spiro atoms. The van der Waals surface area contributed by atoms with E-state index in [1.54, 1.807) is 38.1 Å². The molecule has 6 nitrogen and oxygen atoms in total. The van der Waals surface area contributed by atoms with E-state index < -0.39 is 0 Å². The molecule has 0 bridgehead atoms. The maximum Gasteiger partial charge on any atom is 0.269 e. The van der Waals surface area contributed by atoms with Crippen molar-refractivity contribution < 1.29 is 14.3 Å². The molecule has 0 fully saturated rings. The minimum absolute atomic E-state index is 0.121. The molecule has 1 amide bonds. The molecule has 2 rings (SSSR count). The number of aromatic nitrogens is 2. The van der Waals surface area contributed by atoms with E-state index in [1.165, 1.54) is 0 Å². The Morgan fingerprint density at radius 2 is 2.00 bits per heavy atom. The molecule has 2 aromatic rings. The van der Waals surface area contributed by atoms with Gasteiger partial charge in [-0.05, 0) is 30.5 Å². The summed E-state index contributed by atoms with van der Waals surface area (Å²) in [6.07, 6.45) is 0.947. The van der Waals surface area contributed by atoms with Crippen LogP contribution in [0.25, 0.3) is 11.3 Å². The summed E-state index contributed by atoms with van der Waals surface area (Å²) in [6, 6.07) is 7.29. The number of nitrogens with one attached hydrogen (secondary N) is 1. The van der Waals surface area contributed by atoms with Gasteiger partial charge in [0, 0.05) is 25.2 Å². The summed E-state index contributed by atoms with van der Waals surface area (Å²) in [4.78, 5) is 12.3. The van der Waals surface area contributed by atoms with Gasteiger partial charge >= 0.3 is 0 Å². The highest BCUT2D eigenvalue weighted by Gasteiger charge is 2.17. The quantitative estimate of drug-likeness (QED) is 0.847. The molecule has 0 saturated heterocycles. The lowest BCUT2D eigenvalue weighted by atomic mass is 10.1. The monoisotopic (exact) mass is 331 g/mol. The molecule has 1 aromatic carbocycles. The number of methoxy groups -OCH3 is 2. The van der Waals surface area contributed by atoms with Crippen LogP contribution in [0.5, 0.6) is 11.5 Å². The van der Waals surface area contributed by atoms with Crippen molar-refractivity contribution in [3.63, 3.8) is 0 Å². The Morgan fingerprint density at radius 3 is 2.62 bits per heavy atom. The predicted molar refractivity (Wildman–Crippen MR) is 93.5 cm³/mol. The number of hydrogen-bond donors (Lipinski definition) is 1. The third-order valence-corrected chi connectivity index (χ3v) is 3.80. The van der Waals surface area contributed by atoms with Crippen molar-refractivity contribution in [1.82, 2.24) is 15.1 Å². The van der Waals surface area contributed by atoms with Gasteiger partial charge in [0.05, 0.1) is 19.9 Å². The summed E-state index contributed by atoms with van der Waals surface area (Å²) in [5, 5.41) is 7.38. The third kappa shape index (κ3) is 4.07. The number of carbonyl (C=O) groups is 1. The number of amides is 1. The Labute approximate surface area is 142 Å². The van der Waals surface area contributed by atoms with Gasteiger partial charge in [-0.3, -0.25) is 9.48 Å². The standard InChI is InChI=1S/C18H25N3O3/c1-12(2)8-9-19-18(22)16-11-15(20-21(16)3)14-7-6-13(23-4)10-17(14)24-5/h6-7,10-12H,8-9H2,1-5H3,(H,19,22). The highest BCUT2D eigenvalue weighted by Crippen LogP contribution is 2.32. The minimum Gasteiger partial charge on any atom is -0.497 e. The van der Waals surface area contributed by atoms with E-state index >= 15 is 0 Å². The lowest BCUT2D eigenvalue weighted by molar-refractivity contribution is 0.0942. The number of ether oxygens (including phenoxy) is 2. The maximum absolute atomic E-state index is 12.3. The summed E-state index contributed by atoms with van der Waals surface area (Å²) >= 11 is 0. The first-order valence-corrected chi connectivity index (χ1v) is 8.01. The molecule has 0 saturated carbocycles. The van der Waals surface area contributed by atoms with Crippen LogP contribution in [0.15, 0.2) is 24.3 Å². The average molecular weight is 331 g/mol. The molecule has 1 N–H and O–H groups in total. The number of benzene rings is 1. The lowest BCUT2D eigenvalue weighted by Gasteiger charge is -2.08. The van der Waals surface area contributed by atoms with E-state index in [9.17, 15) is 4.79 Å². The van der Waals surface area contributed by atoms with Gasteiger partial charge < -0.3 is 14.8 Å². The van der Waals surface area contributed by atoms with Crippen molar-refractivity contribution >= 4 is 5.91 Å². The number of hydrogen-bond acceptors (Lipinski definition) is 4. The fourth-order valence-corrected chi connectivity index (χ4v) is 2.39. The number of aryl methyl sites for hydroxylation is 1. The molecular weight excluding hydrogens is 306 g/mol. The summed E-state index contributed by atoms with van der Waals surface area (Å²) < 4.78 is 12.2. The highest BCUT2D eigenvalue weighted by molar-refractivity contribution is 5.93. The molecule has 0 aliphatic heterocycles. The molecular formula is C18H25N3O3. The van der Waals surface area contributed by atoms with Crippen LogP contribution in [-0.4, -0.2) is 36.5 Å². The van der Waals surface area contributed by atoms with E-state index in [0.717, 1.165) is 12.0 Å². The maximum atomic E-state index is 12.3.